The lowest BCUT2D eigenvalue weighted by molar-refractivity contribution is -0.118. The van der Waals surface area contributed by atoms with Gasteiger partial charge in [0.2, 0.25) is 0 Å². The molecule has 2 amide bonds. The summed E-state index contributed by atoms with van der Waals surface area (Å²) in [5, 5.41) is 16.4. The number of hydrazone groups is 1. The monoisotopic (exact) mass is 433 g/mol. The maximum atomic E-state index is 12.2. The fourth-order valence-corrected chi connectivity index (χ4v) is 2.84. The van der Waals surface area contributed by atoms with E-state index in [2.05, 4.69) is 15.8 Å². The minimum Gasteiger partial charge on any atom is -0.507 e. The third-order valence-electron chi connectivity index (χ3n) is 4.38. The van der Waals surface area contributed by atoms with Crippen LogP contribution >= 0.6 is 0 Å². The lowest BCUT2D eigenvalue weighted by atomic mass is 10.2. The Morgan fingerprint density at radius 3 is 2.59 bits per heavy atom. The molecule has 164 valence electrons. The molecule has 0 saturated heterocycles. The molecule has 3 N–H and O–H groups in total. The molecule has 32 heavy (non-hydrogen) atoms. The SMILES string of the molecule is COc1cc(/C=N/NC(=O)c2ccccc2O)ccc1OCC(=O)Nc1cccc(C)c1. The zero-order valence-corrected chi connectivity index (χ0v) is 17.7. The van der Waals surface area contributed by atoms with E-state index in [-0.39, 0.29) is 23.8 Å². The highest BCUT2D eigenvalue weighted by molar-refractivity contribution is 5.97. The van der Waals surface area contributed by atoms with E-state index in [4.69, 9.17) is 9.47 Å². The van der Waals surface area contributed by atoms with Crippen LogP contribution in [0.25, 0.3) is 0 Å². The van der Waals surface area contributed by atoms with Gasteiger partial charge in [0.1, 0.15) is 5.75 Å². The molecule has 0 saturated carbocycles. The zero-order chi connectivity index (χ0) is 22.9. The number of anilines is 1. The number of nitrogens with one attached hydrogen (secondary N) is 2. The summed E-state index contributed by atoms with van der Waals surface area (Å²) in [5.41, 5.74) is 4.85. The topological polar surface area (TPSA) is 109 Å². The standard InChI is InChI=1S/C24H23N3O5/c1-16-6-5-7-18(12-16)26-23(29)15-32-21-11-10-17(13-22(21)31-2)14-25-27-24(30)19-8-3-4-9-20(19)28/h3-14,28H,15H2,1-2H3,(H,26,29)(H,27,30)/b25-14+. The molecule has 0 aliphatic carbocycles. The van der Waals surface area contributed by atoms with E-state index >= 15 is 0 Å². The van der Waals surface area contributed by atoms with E-state index in [1.54, 1.807) is 36.4 Å². The van der Waals surface area contributed by atoms with Crippen molar-refractivity contribution >= 4 is 23.7 Å². The minimum atomic E-state index is -0.536. The number of para-hydroxylation sites is 1. The molecule has 0 aliphatic heterocycles. The van der Waals surface area contributed by atoms with E-state index in [0.29, 0.717) is 22.7 Å². The number of methoxy groups -OCH3 is 1. The van der Waals surface area contributed by atoms with E-state index < -0.39 is 5.91 Å². The highest BCUT2D eigenvalue weighted by Gasteiger charge is 2.10. The number of benzene rings is 3. The summed E-state index contributed by atoms with van der Waals surface area (Å²) in [6.07, 6.45) is 1.43. The Balaban J connectivity index is 1.58. The van der Waals surface area contributed by atoms with Gasteiger partial charge in [-0.25, -0.2) is 5.43 Å². The van der Waals surface area contributed by atoms with Crippen LogP contribution in [0, 0.1) is 6.92 Å². The van der Waals surface area contributed by atoms with Crippen molar-refractivity contribution in [2.75, 3.05) is 19.0 Å². The predicted molar refractivity (Wildman–Crippen MR) is 121 cm³/mol. The van der Waals surface area contributed by atoms with Crippen LogP contribution < -0.4 is 20.2 Å². The summed E-state index contributed by atoms with van der Waals surface area (Å²) in [5.74, 6) is -0.164. The molecule has 8 nitrogen and oxygen atoms in total. The van der Waals surface area contributed by atoms with Crippen LogP contribution in [0.15, 0.2) is 71.8 Å². The van der Waals surface area contributed by atoms with Crippen LogP contribution in [-0.4, -0.2) is 36.9 Å². The molecule has 0 radical (unpaired) electrons. The highest BCUT2D eigenvalue weighted by atomic mass is 16.5. The first kappa shape index (κ1) is 22.4. The van der Waals surface area contributed by atoms with Crippen LogP contribution in [0.5, 0.6) is 17.2 Å². The van der Waals surface area contributed by atoms with E-state index in [1.807, 2.05) is 25.1 Å². The molecule has 0 aliphatic rings. The molecule has 0 fully saturated rings. The predicted octanol–water partition coefficient (Wildman–Crippen LogP) is 3.49. The Morgan fingerprint density at radius 2 is 1.84 bits per heavy atom. The van der Waals surface area contributed by atoms with Crippen LogP contribution in [0.4, 0.5) is 5.69 Å². The number of nitrogens with zero attached hydrogens (tertiary/aromatic N) is 1. The van der Waals surface area contributed by atoms with Gasteiger partial charge in [-0.2, -0.15) is 5.10 Å². The third-order valence-corrected chi connectivity index (χ3v) is 4.38. The average Bonchev–Trinajstić information content (AvgIpc) is 2.78. The Morgan fingerprint density at radius 1 is 1.03 bits per heavy atom. The summed E-state index contributed by atoms with van der Waals surface area (Å²) in [7, 11) is 1.48. The Hall–Kier alpha value is -4.33. The Bertz CT molecular complexity index is 1140. The summed E-state index contributed by atoms with van der Waals surface area (Å²) < 4.78 is 10.9. The number of carbonyl (C=O) groups is 2. The molecule has 8 heteroatoms. The van der Waals surface area contributed by atoms with Gasteiger partial charge in [-0.1, -0.05) is 24.3 Å². The maximum Gasteiger partial charge on any atom is 0.275 e. The van der Waals surface area contributed by atoms with Crippen LogP contribution in [0.1, 0.15) is 21.5 Å². The van der Waals surface area contributed by atoms with Crippen molar-refractivity contribution in [3.05, 3.63) is 83.4 Å². The maximum absolute atomic E-state index is 12.2. The molecule has 0 unspecified atom stereocenters. The second-order valence-corrected chi connectivity index (χ2v) is 6.83. The lowest BCUT2D eigenvalue weighted by Crippen LogP contribution is -2.20. The van der Waals surface area contributed by atoms with Crippen molar-refractivity contribution in [1.82, 2.24) is 5.43 Å². The van der Waals surface area contributed by atoms with Gasteiger partial charge in [0, 0.05) is 5.69 Å². The van der Waals surface area contributed by atoms with Crippen molar-refractivity contribution in [3.63, 3.8) is 0 Å². The summed E-state index contributed by atoms with van der Waals surface area (Å²) in [4.78, 5) is 24.2. The van der Waals surface area contributed by atoms with E-state index in [9.17, 15) is 14.7 Å². The first-order chi connectivity index (χ1) is 15.5. The van der Waals surface area contributed by atoms with Crippen LogP contribution in [-0.2, 0) is 4.79 Å². The second-order valence-electron chi connectivity index (χ2n) is 6.83. The zero-order valence-electron chi connectivity index (χ0n) is 17.7. The quantitative estimate of drug-likeness (QED) is 0.372. The number of rotatable bonds is 8. The van der Waals surface area contributed by atoms with Gasteiger partial charge in [-0.15, -0.1) is 0 Å². The minimum absolute atomic E-state index is 0.120. The number of aromatic hydroxyl groups is 1. The fraction of sp³-hybridized carbons (Fsp3) is 0.125. The van der Waals surface area contributed by atoms with Crippen molar-refractivity contribution < 1.29 is 24.2 Å². The van der Waals surface area contributed by atoms with Gasteiger partial charge in [0.15, 0.2) is 18.1 Å². The van der Waals surface area contributed by atoms with Gasteiger partial charge in [-0.3, -0.25) is 9.59 Å². The summed E-state index contributed by atoms with van der Waals surface area (Å²) in [6.45, 7) is 1.76. The van der Waals surface area contributed by atoms with Gasteiger partial charge in [0.05, 0.1) is 18.9 Å². The fourth-order valence-electron chi connectivity index (χ4n) is 2.84. The molecule has 3 aromatic rings. The summed E-state index contributed by atoms with van der Waals surface area (Å²) in [6, 6.07) is 18.6. The number of carbonyl (C=O) groups excluding carboxylic acids is 2. The smallest absolute Gasteiger partial charge is 0.275 e. The van der Waals surface area contributed by atoms with Gasteiger partial charge >= 0.3 is 0 Å². The van der Waals surface area contributed by atoms with Crippen LogP contribution in [0.3, 0.4) is 0 Å². The molecular formula is C24H23N3O5. The first-order valence-corrected chi connectivity index (χ1v) is 9.75. The Kier molecular flexibility index (Phi) is 7.42. The number of hydrogen-bond donors (Lipinski definition) is 3. The molecular weight excluding hydrogens is 410 g/mol. The van der Waals surface area contributed by atoms with Crippen molar-refractivity contribution in [3.8, 4) is 17.2 Å². The average molecular weight is 433 g/mol. The largest absolute Gasteiger partial charge is 0.507 e. The van der Waals surface area contributed by atoms with Crippen molar-refractivity contribution in [1.29, 1.82) is 0 Å². The van der Waals surface area contributed by atoms with E-state index in [1.165, 1.54) is 25.5 Å². The molecule has 0 atom stereocenters. The van der Waals surface area contributed by atoms with E-state index in [0.717, 1.165) is 5.56 Å². The van der Waals surface area contributed by atoms with Gasteiger partial charge in [0.25, 0.3) is 11.8 Å². The summed E-state index contributed by atoms with van der Waals surface area (Å²) >= 11 is 0. The van der Waals surface area contributed by atoms with Crippen LogP contribution in [0.2, 0.25) is 0 Å². The molecule has 3 aromatic carbocycles. The number of ether oxygens (including phenoxy) is 2. The number of phenols is 1. The molecule has 0 heterocycles. The molecule has 0 bridgehead atoms. The van der Waals surface area contributed by atoms with Crippen molar-refractivity contribution in [2.45, 2.75) is 6.92 Å². The third kappa shape index (κ3) is 6.09. The second kappa shape index (κ2) is 10.6. The Labute approximate surface area is 185 Å². The normalized spacial score (nSPS) is 10.6. The molecule has 0 aromatic heterocycles. The van der Waals surface area contributed by atoms with Gasteiger partial charge in [-0.05, 0) is 60.5 Å². The number of hydrogen-bond acceptors (Lipinski definition) is 6. The highest BCUT2D eigenvalue weighted by Crippen LogP contribution is 2.27. The first-order valence-electron chi connectivity index (χ1n) is 9.75. The molecule has 0 spiro atoms. The van der Waals surface area contributed by atoms with Crippen molar-refractivity contribution in [2.24, 2.45) is 5.10 Å². The number of amides is 2. The molecule has 3 rings (SSSR count). The number of aryl methyl sites for hydroxylation is 1. The lowest BCUT2D eigenvalue weighted by Gasteiger charge is -2.11. The number of phenolic OH excluding ortho intramolecular Hbond substituents is 1. The van der Waals surface area contributed by atoms with Gasteiger partial charge < -0.3 is 19.9 Å².